The van der Waals surface area contributed by atoms with Gasteiger partial charge in [0.1, 0.15) is 11.5 Å². The third-order valence-corrected chi connectivity index (χ3v) is 5.51. The minimum absolute atomic E-state index is 0.167. The first-order valence-electron chi connectivity index (χ1n) is 9.17. The Morgan fingerprint density at radius 3 is 2.38 bits per heavy atom. The molecule has 1 fully saturated rings. The highest BCUT2D eigenvalue weighted by Gasteiger charge is 2.59. The topological polar surface area (TPSA) is 88.2 Å². The number of carbonyl (C=O) groups is 3. The second kappa shape index (κ2) is 6.80. The molecule has 0 aromatic heterocycles. The molecule has 150 valence electrons. The molecule has 1 atom stereocenters. The number of nitrogens with zero attached hydrogens (tertiary/aromatic N) is 2. The largest absolute Gasteiger partial charge is 0.497 e. The van der Waals surface area contributed by atoms with Crippen LogP contribution < -0.4 is 19.7 Å². The number of benzene rings is 2. The van der Waals surface area contributed by atoms with E-state index in [1.54, 1.807) is 49.5 Å². The van der Waals surface area contributed by atoms with Crippen molar-refractivity contribution < 1.29 is 23.9 Å². The molecule has 2 aromatic rings. The molecule has 3 amide bonds. The van der Waals surface area contributed by atoms with Crippen LogP contribution in [0.25, 0.3) is 0 Å². The number of ether oxygens (including phenoxy) is 2. The van der Waals surface area contributed by atoms with Crippen LogP contribution in [0.2, 0.25) is 0 Å². The van der Waals surface area contributed by atoms with Crippen molar-refractivity contribution in [2.75, 3.05) is 31.5 Å². The second-order valence-corrected chi connectivity index (χ2v) is 6.98. The highest BCUT2D eigenvalue weighted by atomic mass is 16.5. The summed E-state index contributed by atoms with van der Waals surface area (Å²) < 4.78 is 10.5. The average Bonchev–Trinajstić information content (AvgIpc) is 3.10. The molecule has 2 aliphatic heterocycles. The summed E-state index contributed by atoms with van der Waals surface area (Å²) in [5, 5.41) is 2.84. The Bertz CT molecular complexity index is 999. The maximum Gasteiger partial charge on any atom is 0.271 e. The van der Waals surface area contributed by atoms with E-state index in [2.05, 4.69) is 5.32 Å². The lowest BCUT2D eigenvalue weighted by Crippen LogP contribution is -2.68. The van der Waals surface area contributed by atoms with Gasteiger partial charge in [0.25, 0.3) is 11.8 Å². The molecule has 8 nitrogen and oxygen atoms in total. The van der Waals surface area contributed by atoms with Crippen LogP contribution in [0.3, 0.4) is 0 Å². The summed E-state index contributed by atoms with van der Waals surface area (Å²) in [6.07, 6.45) is 0.371. The minimum Gasteiger partial charge on any atom is -0.497 e. The number of carbonyl (C=O) groups excluding carboxylic acids is 3. The number of hydrogen-bond acceptors (Lipinski definition) is 5. The highest BCUT2D eigenvalue weighted by Crippen LogP contribution is 2.44. The Labute approximate surface area is 168 Å². The Kier molecular flexibility index (Phi) is 4.41. The molecular weight excluding hydrogens is 374 g/mol. The van der Waals surface area contributed by atoms with Gasteiger partial charge in [0.05, 0.1) is 25.5 Å². The van der Waals surface area contributed by atoms with E-state index < -0.39 is 11.6 Å². The summed E-state index contributed by atoms with van der Waals surface area (Å²) >= 11 is 0. The van der Waals surface area contributed by atoms with Crippen LogP contribution in [-0.4, -0.2) is 49.6 Å². The number of hydrogen-bond donors (Lipinski definition) is 1. The fourth-order valence-electron chi connectivity index (χ4n) is 4.04. The number of likely N-dealkylation sites (N-methyl/N-ethyl adjacent to an activating group) is 1. The summed E-state index contributed by atoms with van der Waals surface area (Å²) in [6.45, 7) is 0. The first kappa shape index (κ1) is 18.8. The van der Waals surface area contributed by atoms with Gasteiger partial charge in [-0.3, -0.25) is 19.3 Å². The highest BCUT2D eigenvalue weighted by molar-refractivity contribution is 6.18. The van der Waals surface area contributed by atoms with Crippen LogP contribution in [0.4, 0.5) is 11.4 Å². The molecule has 0 radical (unpaired) electrons. The minimum atomic E-state index is -1.43. The Balaban J connectivity index is 1.78. The number of methoxy groups -OCH3 is 2. The van der Waals surface area contributed by atoms with E-state index >= 15 is 0 Å². The third kappa shape index (κ3) is 2.71. The molecule has 29 heavy (non-hydrogen) atoms. The second-order valence-electron chi connectivity index (χ2n) is 6.98. The van der Waals surface area contributed by atoms with Gasteiger partial charge in [-0.2, -0.15) is 0 Å². The lowest BCUT2D eigenvalue weighted by Gasteiger charge is -2.47. The van der Waals surface area contributed by atoms with E-state index in [1.807, 2.05) is 0 Å². The molecule has 2 aliphatic rings. The van der Waals surface area contributed by atoms with Gasteiger partial charge in [0.15, 0.2) is 0 Å². The van der Waals surface area contributed by atoms with Crippen molar-refractivity contribution in [3.63, 3.8) is 0 Å². The van der Waals surface area contributed by atoms with Crippen molar-refractivity contribution in [1.82, 2.24) is 4.90 Å². The molecule has 0 aliphatic carbocycles. The summed E-state index contributed by atoms with van der Waals surface area (Å²) in [4.78, 5) is 42.0. The lowest BCUT2D eigenvalue weighted by molar-refractivity contribution is -0.128. The maximum absolute atomic E-state index is 13.5. The van der Waals surface area contributed by atoms with Crippen LogP contribution >= 0.6 is 0 Å². The van der Waals surface area contributed by atoms with Crippen LogP contribution in [0.15, 0.2) is 42.5 Å². The fraction of sp³-hybridized carbons (Fsp3) is 0.286. The number of nitrogens with one attached hydrogen (secondary N) is 1. The van der Waals surface area contributed by atoms with Gasteiger partial charge >= 0.3 is 0 Å². The van der Waals surface area contributed by atoms with Gasteiger partial charge in [-0.25, -0.2) is 0 Å². The first-order valence-corrected chi connectivity index (χ1v) is 9.17. The van der Waals surface area contributed by atoms with Gasteiger partial charge in [0, 0.05) is 43.8 Å². The molecular formula is C21H21N3O5. The smallest absolute Gasteiger partial charge is 0.271 e. The molecule has 0 bridgehead atoms. The molecule has 2 heterocycles. The van der Waals surface area contributed by atoms with Crippen molar-refractivity contribution in [2.24, 2.45) is 0 Å². The summed E-state index contributed by atoms with van der Waals surface area (Å²) in [7, 11) is 4.58. The summed E-state index contributed by atoms with van der Waals surface area (Å²) in [6, 6.07) is 11.8. The van der Waals surface area contributed by atoms with Crippen LogP contribution in [0.5, 0.6) is 11.5 Å². The van der Waals surface area contributed by atoms with Gasteiger partial charge in [-0.05, 0) is 12.1 Å². The molecule has 4 rings (SSSR count). The SMILES string of the molecule is COc1cc(NC(=O)C23CCC(=O)N2c2ccccc2C(=O)N3C)cc(OC)c1. The van der Waals surface area contributed by atoms with Crippen molar-refractivity contribution >= 4 is 29.1 Å². The fourth-order valence-corrected chi connectivity index (χ4v) is 4.04. The average molecular weight is 395 g/mol. The standard InChI is InChI=1S/C21H21N3O5/c1-23-19(26)16-6-4-5-7-17(16)24-18(25)8-9-21(23,24)20(27)22-13-10-14(28-2)12-15(11-13)29-3/h4-7,10-12H,8-9H2,1-3H3,(H,22,27). The van der Waals surface area contributed by atoms with E-state index in [0.717, 1.165) is 0 Å². The van der Waals surface area contributed by atoms with E-state index in [4.69, 9.17) is 9.47 Å². The Hall–Kier alpha value is -3.55. The predicted molar refractivity (Wildman–Crippen MR) is 106 cm³/mol. The molecule has 1 N–H and O–H groups in total. The van der Waals surface area contributed by atoms with Gasteiger partial charge in [-0.1, -0.05) is 12.1 Å². The zero-order valence-electron chi connectivity index (χ0n) is 16.4. The lowest BCUT2D eigenvalue weighted by atomic mass is 9.96. The number of amides is 3. The van der Waals surface area contributed by atoms with E-state index in [0.29, 0.717) is 28.4 Å². The maximum atomic E-state index is 13.5. The van der Waals surface area contributed by atoms with Crippen molar-refractivity contribution in [1.29, 1.82) is 0 Å². The first-order chi connectivity index (χ1) is 13.9. The van der Waals surface area contributed by atoms with Gasteiger partial charge in [-0.15, -0.1) is 0 Å². The molecule has 8 heteroatoms. The van der Waals surface area contributed by atoms with E-state index in [9.17, 15) is 14.4 Å². The van der Waals surface area contributed by atoms with E-state index in [1.165, 1.54) is 24.0 Å². The number of para-hydroxylation sites is 1. The predicted octanol–water partition coefficient (Wildman–Crippen LogP) is 2.25. The Morgan fingerprint density at radius 2 is 1.72 bits per heavy atom. The third-order valence-electron chi connectivity index (χ3n) is 5.51. The zero-order valence-corrected chi connectivity index (χ0v) is 16.4. The van der Waals surface area contributed by atoms with Crippen molar-refractivity contribution in [3.8, 4) is 11.5 Å². The number of rotatable bonds is 4. The number of fused-ring (bicyclic) bond motifs is 3. The number of anilines is 2. The van der Waals surface area contributed by atoms with Crippen LogP contribution in [0, 0.1) is 0 Å². The normalized spacial score (nSPS) is 20.2. The molecule has 1 unspecified atom stereocenters. The van der Waals surface area contributed by atoms with Crippen LogP contribution in [-0.2, 0) is 9.59 Å². The molecule has 0 saturated carbocycles. The molecule has 0 spiro atoms. The van der Waals surface area contributed by atoms with Crippen molar-refractivity contribution in [2.45, 2.75) is 18.5 Å². The summed E-state index contributed by atoms with van der Waals surface area (Å²) in [5.41, 5.74) is -0.133. The van der Waals surface area contributed by atoms with Gasteiger partial charge in [0.2, 0.25) is 11.6 Å². The quantitative estimate of drug-likeness (QED) is 0.858. The van der Waals surface area contributed by atoms with Crippen LogP contribution in [0.1, 0.15) is 23.2 Å². The van der Waals surface area contributed by atoms with E-state index in [-0.39, 0.29) is 24.7 Å². The monoisotopic (exact) mass is 395 g/mol. The van der Waals surface area contributed by atoms with Crippen molar-refractivity contribution in [3.05, 3.63) is 48.0 Å². The zero-order chi connectivity index (χ0) is 20.8. The molecule has 1 saturated heterocycles. The Morgan fingerprint density at radius 1 is 1.07 bits per heavy atom. The molecule has 2 aromatic carbocycles. The van der Waals surface area contributed by atoms with Gasteiger partial charge < -0.3 is 19.7 Å². The summed E-state index contributed by atoms with van der Waals surface area (Å²) in [5.74, 6) is 0.0500.